The maximum atomic E-state index is 12.4. The van der Waals surface area contributed by atoms with Gasteiger partial charge in [0.25, 0.3) is 0 Å². The summed E-state index contributed by atoms with van der Waals surface area (Å²) in [6.45, 7) is 3.98. The molecule has 1 N–H and O–H groups in total. The normalized spacial score (nSPS) is 33.7. The van der Waals surface area contributed by atoms with E-state index < -0.39 is 18.0 Å². The third-order valence-corrected chi connectivity index (χ3v) is 4.75. The van der Waals surface area contributed by atoms with Gasteiger partial charge < -0.3 is 19.3 Å². The van der Waals surface area contributed by atoms with Crippen molar-refractivity contribution in [1.82, 2.24) is 4.90 Å². The molecule has 6 heteroatoms. The predicted molar refractivity (Wildman–Crippen MR) is 85.0 cm³/mol. The van der Waals surface area contributed by atoms with Crippen LogP contribution in [0.4, 0.5) is 4.79 Å². The number of rotatable bonds is 3. The molecule has 1 aromatic rings. The van der Waals surface area contributed by atoms with E-state index >= 15 is 0 Å². The van der Waals surface area contributed by atoms with Crippen LogP contribution in [0, 0.1) is 0 Å². The summed E-state index contributed by atoms with van der Waals surface area (Å²) in [5.41, 5.74) is 1.77. The van der Waals surface area contributed by atoms with Crippen molar-refractivity contribution in [2.24, 2.45) is 0 Å². The summed E-state index contributed by atoms with van der Waals surface area (Å²) in [6, 6.07) is 9.50. The zero-order valence-corrected chi connectivity index (χ0v) is 13.7. The Morgan fingerprint density at radius 1 is 1.17 bits per heavy atom. The number of hydrogen-bond donors (Lipinski definition) is 1. The molecule has 3 aliphatic rings. The Balaban J connectivity index is 1.64. The van der Waals surface area contributed by atoms with E-state index in [0.29, 0.717) is 6.54 Å². The average molecular weight is 331 g/mol. The summed E-state index contributed by atoms with van der Waals surface area (Å²) in [5, 5.41) is 9.72. The second-order valence-electron chi connectivity index (χ2n) is 6.87. The van der Waals surface area contributed by atoms with Gasteiger partial charge in [0, 0.05) is 6.54 Å². The van der Waals surface area contributed by atoms with Gasteiger partial charge in [-0.3, -0.25) is 4.90 Å². The van der Waals surface area contributed by atoms with Crippen LogP contribution in [0.15, 0.2) is 42.0 Å². The van der Waals surface area contributed by atoms with Gasteiger partial charge >= 0.3 is 6.09 Å². The monoisotopic (exact) mass is 331 g/mol. The van der Waals surface area contributed by atoms with E-state index in [-0.39, 0.29) is 24.8 Å². The quantitative estimate of drug-likeness (QED) is 0.856. The van der Waals surface area contributed by atoms with Crippen LogP contribution in [0.2, 0.25) is 0 Å². The Morgan fingerprint density at radius 2 is 1.92 bits per heavy atom. The molecule has 128 valence electrons. The van der Waals surface area contributed by atoms with E-state index in [0.717, 1.165) is 11.1 Å². The molecule has 0 aromatic heterocycles. The number of carbonyl (C=O) groups excluding carboxylic acids is 1. The topological polar surface area (TPSA) is 68.2 Å². The summed E-state index contributed by atoms with van der Waals surface area (Å²) in [5.74, 6) is -0.766. The number of ether oxygens (including phenoxy) is 3. The lowest BCUT2D eigenvalue weighted by Crippen LogP contribution is -2.49. The first-order chi connectivity index (χ1) is 11.5. The fraction of sp³-hybridized carbons (Fsp3) is 0.500. The van der Waals surface area contributed by atoms with E-state index in [2.05, 4.69) is 0 Å². The SMILES string of the molecule is CC1(C)O[C@@H]2[C@H]3OC(=O)N(Cc4ccccc4)[C@H]3C=C(CO)[C@H]2O1. The molecule has 0 radical (unpaired) electrons. The van der Waals surface area contributed by atoms with Crippen LogP contribution in [0.5, 0.6) is 0 Å². The zero-order valence-electron chi connectivity index (χ0n) is 13.7. The third-order valence-electron chi connectivity index (χ3n) is 4.75. The van der Waals surface area contributed by atoms with Crippen LogP contribution in [-0.2, 0) is 20.8 Å². The van der Waals surface area contributed by atoms with Crippen LogP contribution in [0.3, 0.4) is 0 Å². The summed E-state index contributed by atoms with van der Waals surface area (Å²) in [4.78, 5) is 14.1. The number of hydrogen-bond acceptors (Lipinski definition) is 5. The number of aliphatic hydroxyl groups excluding tert-OH is 1. The van der Waals surface area contributed by atoms with Gasteiger partial charge in [0.15, 0.2) is 11.9 Å². The minimum absolute atomic E-state index is 0.128. The van der Waals surface area contributed by atoms with E-state index in [1.54, 1.807) is 4.90 Å². The molecule has 2 saturated heterocycles. The molecule has 2 heterocycles. The number of benzene rings is 1. The molecule has 0 unspecified atom stereocenters. The number of aliphatic hydroxyl groups is 1. The molecular weight excluding hydrogens is 310 g/mol. The number of nitrogens with zero attached hydrogens (tertiary/aromatic N) is 1. The van der Waals surface area contributed by atoms with Gasteiger partial charge in [-0.15, -0.1) is 0 Å². The second-order valence-corrected chi connectivity index (χ2v) is 6.87. The van der Waals surface area contributed by atoms with Gasteiger partial charge in [0.2, 0.25) is 0 Å². The van der Waals surface area contributed by atoms with Crippen LogP contribution in [-0.4, -0.2) is 52.8 Å². The molecule has 0 spiro atoms. The fourth-order valence-corrected chi connectivity index (χ4v) is 3.72. The Kier molecular flexibility index (Phi) is 3.63. The second kappa shape index (κ2) is 5.58. The highest BCUT2D eigenvalue weighted by molar-refractivity contribution is 5.72. The molecule has 4 atom stereocenters. The maximum absolute atomic E-state index is 12.4. The Hall–Kier alpha value is -1.89. The van der Waals surface area contributed by atoms with Crippen molar-refractivity contribution in [3.8, 4) is 0 Å². The first-order valence-corrected chi connectivity index (χ1v) is 8.17. The lowest BCUT2D eigenvalue weighted by molar-refractivity contribution is -0.151. The van der Waals surface area contributed by atoms with Crippen molar-refractivity contribution in [1.29, 1.82) is 0 Å². The minimum atomic E-state index is -0.766. The highest BCUT2D eigenvalue weighted by Crippen LogP contribution is 2.42. The van der Waals surface area contributed by atoms with E-state index in [1.165, 1.54) is 0 Å². The van der Waals surface area contributed by atoms with Crippen molar-refractivity contribution in [3.05, 3.63) is 47.5 Å². The van der Waals surface area contributed by atoms with Gasteiger partial charge in [-0.2, -0.15) is 0 Å². The molecule has 4 rings (SSSR count). The molecule has 24 heavy (non-hydrogen) atoms. The largest absolute Gasteiger partial charge is 0.441 e. The van der Waals surface area contributed by atoms with Crippen LogP contribution in [0.1, 0.15) is 19.4 Å². The average Bonchev–Trinajstić information content (AvgIpc) is 3.04. The summed E-state index contributed by atoms with van der Waals surface area (Å²) >= 11 is 0. The van der Waals surface area contributed by atoms with Crippen molar-refractivity contribution < 1.29 is 24.1 Å². The highest BCUT2D eigenvalue weighted by atomic mass is 16.8. The molecule has 0 bridgehead atoms. The number of amides is 1. The third kappa shape index (κ3) is 2.51. The molecule has 0 saturated carbocycles. The molecule has 2 fully saturated rings. The molecule has 6 nitrogen and oxygen atoms in total. The Labute approximate surface area is 140 Å². The Morgan fingerprint density at radius 3 is 2.62 bits per heavy atom. The van der Waals surface area contributed by atoms with Crippen molar-refractivity contribution >= 4 is 6.09 Å². The van der Waals surface area contributed by atoms with Crippen LogP contribution in [0.25, 0.3) is 0 Å². The highest BCUT2D eigenvalue weighted by Gasteiger charge is 2.57. The van der Waals surface area contributed by atoms with Gasteiger partial charge in [0.05, 0.1) is 12.6 Å². The first kappa shape index (κ1) is 15.6. The predicted octanol–water partition coefficient (Wildman–Crippen LogP) is 1.83. The molecule has 1 aromatic carbocycles. The molecule has 2 aliphatic heterocycles. The van der Waals surface area contributed by atoms with Crippen molar-refractivity contribution in [3.63, 3.8) is 0 Å². The number of fused-ring (bicyclic) bond motifs is 3. The number of carbonyl (C=O) groups is 1. The summed E-state index contributed by atoms with van der Waals surface area (Å²) in [6.07, 6.45) is 0.321. The lowest BCUT2D eigenvalue weighted by Gasteiger charge is -2.32. The standard InChI is InChI=1S/C18H21NO5/c1-18(2)23-14-12(10-20)8-13-15(16(14)24-18)22-17(21)19(13)9-11-6-4-3-5-7-11/h3-8,13-16,20H,9-10H2,1-2H3/t13-,14+,15-,16-/m0/s1. The van der Waals surface area contributed by atoms with E-state index in [9.17, 15) is 9.90 Å². The molecular formula is C18H21NO5. The smallest absolute Gasteiger partial charge is 0.411 e. The lowest BCUT2D eigenvalue weighted by atomic mass is 9.88. The van der Waals surface area contributed by atoms with Crippen molar-refractivity contribution in [2.45, 2.75) is 50.5 Å². The maximum Gasteiger partial charge on any atom is 0.411 e. The van der Waals surface area contributed by atoms with Gasteiger partial charge in [0.1, 0.15) is 12.2 Å². The van der Waals surface area contributed by atoms with Gasteiger partial charge in [-0.1, -0.05) is 36.4 Å². The van der Waals surface area contributed by atoms with E-state index in [1.807, 2.05) is 50.3 Å². The van der Waals surface area contributed by atoms with E-state index in [4.69, 9.17) is 14.2 Å². The fourth-order valence-electron chi connectivity index (χ4n) is 3.72. The minimum Gasteiger partial charge on any atom is -0.441 e. The Bertz CT molecular complexity index is 671. The van der Waals surface area contributed by atoms with Crippen LogP contribution < -0.4 is 0 Å². The summed E-state index contributed by atoms with van der Waals surface area (Å²) in [7, 11) is 0. The van der Waals surface area contributed by atoms with Gasteiger partial charge in [-0.05, 0) is 25.0 Å². The summed E-state index contributed by atoms with van der Waals surface area (Å²) < 4.78 is 17.5. The molecule has 1 amide bonds. The first-order valence-electron chi connectivity index (χ1n) is 8.17. The van der Waals surface area contributed by atoms with Crippen molar-refractivity contribution in [2.75, 3.05) is 6.61 Å². The van der Waals surface area contributed by atoms with Gasteiger partial charge in [-0.25, -0.2) is 4.79 Å². The van der Waals surface area contributed by atoms with Crippen LogP contribution >= 0.6 is 0 Å². The molecule has 1 aliphatic carbocycles. The zero-order chi connectivity index (χ0) is 16.9.